The maximum Gasteiger partial charge on any atom is 0.225 e. The van der Waals surface area contributed by atoms with Gasteiger partial charge in [0.25, 0.3) is 0 Å². The molecule has 1 aromatic rings. The summed E-state index contributed by atoms with van der Waals surface area (Å²) in [5, 5.41) is 5.91. The molecule has 0 aliphatic carbocycles. The number of nitrogens with zero attached hydrogens (tertiary/aromatic N) is 1. The van der Waals surface area contributed by atoms with Crippen molar-refractivity contribution in [1.82, 2.24) is 15.5 Å². The Morgan fingerprint density at radius 3 is 2.54 bits per heavy atom. The van der Waals surface area contributed by atoms with E-state index in [4.69, 9.17) is 0 Å². The van der Waals surface area contributed by atoms with Crippen molar-refractivity contribution in [2.24, 2.45) is 11.8 Å². The lowest BCUT2D eigenvalue weighted by molar-refractivity contribution is -0.131. The largest absolute Gasteiger partial charge is 0.349 e. The zero-order chi connectivity index (χ0) is 17.3. The van der Waals surface area contributed by atoms with E-state index in [9.17, 15) is 18.4 Å². The number of fused-ring (bicyclic) bond motifs is 1. The van der Waals surface area contributed by atoms with Crippen LogP contribution in [0.3, 0.4) is 0 Å². The molecule has 2 fully saturated rings. The van der Waals surface area contributed by atoms with Crippen molar-refractivity contribution in [3.63, 3.8) is 0 Å². The smallest absolute Gasteiger partial charge is 0.225 e. The minimum absolute atomic E-state index is 0.0327. The minimum Gasteiger partial charge on any atom is -0.349 e. The second-order valence-electron chi connectivity index (χ2n) is 6.60. The average Bonchev–Trinajstić information content (AvgIpc) is 3.07. The van der Waals surface area contributed by atoms with Gasteiger partial charge in [0.1, 0.15) is 11.6 Å². The number of carbonyl (C=O) groups is 2. The highest BCUT2D eigenvalue weighted by atomic mass is 19.1. The molecular formula is C17H21F2N3O2. The number of nitrogens with one attached hydrogen (secondary N) is 2. The Balaban J connectivity index is 1.72. The summed E-state index contributed by atoms with van der Waals surface area (Å²) in [6.45, 7) is 4.52. The van der Waals surface area contributed by atoms with Gasteiger partial charge in [-0.1, -0.05) is 6.07 Å². The molecule has 2 amide bonds. The Morgan fingerprint density at radius 2 is 1.96 bits per heavy atom. The minimum atomic E-state index is -0.797. The van der Waals surface area contributed by atoms with Crippen LogP contribution in [0.4, 0.5) is 8.78 Å². The van der Waals surface area contributed by atoms with E-state index < -0.39 is 17.7 Å². The third kappa shape index (κ3) is 3.56. The first kappa shape index (κ1) is 16.8. The van der Waals surface area contributed by atoms with E-state index in [-0.39, 0.29) is 23.8 Å². The van der Waals surface area contributed by atoms with E-state index in [1.807, 2.05) is 0 Å². The number of carbonyl (C=O) groups excluding carboxylic acids is 2. The molecule has 2 aliphatic rings. The Kier molecular flexibility index (Phi) is 4.80. The number of hydrogen-bond donors (Lipinski definition) is 2. The molecule has 2 saturated heterocycles. The molecule has 0 bridgehead atoms. The fourth-order valence-electron chi connectivity index (χ4n) is 3.63. The molecule has 3 rings (SSSR count). The maximum absolute atomic E-state index is 14.0. The van der Waals surface area contributed by atoms with Crippen molar-refractivity contribution >= 4 is 11.8 Å². The van der Waals surface area contributed by atoms with Crippen LogP contribution in [-0.4, -0.2) is 42.9 Å². The summed E-state index contributed by atoms with van der Waals surface area (Å²) in [6, 6.07) is 2.37. The monoisotopic (exact) mass is 337 g/mol. The van der Waals surface area contributed by atoms with Gasteiger partial charge in [-0.3, -0.25) is 9.59 Å². The van der Waals surface area contributed by atoms with Crippen molar-refractivity contribution in [2.75, 3.05) is 26.2 Å². The first-order valence-electron chi connectivity index (χ1n) is 8.14. The Hall–Kier alpha value is -2.02. The van der Waals surface area contributed by atoms with Crippen LogP contribution < -0.4 is 10.6 Å². The molecule has 130 valence electrons. The third-order valence-corrected chi connectivity index (χ3v) is 4.84. The van der Waals surface area contributed by atoms with Gasteiger partial charge in [0.2, 0.25) is 11.8 Å². The summed E-state index contributed by atoms with van der Waals surface area (Å²) >= 11 is 0. The summed E-state index contributed by atoms with van der Waals surface area (Å²) in [5.41, 5.74) is 0.126. The van der Waals surface area contributed by atoms with Crippen LogP contribution >= 0.6 is 0 Å². The number of halogens is 2. The van der Waals surface area contributed by atoms with Crippen LogP contribution in [0.15, 0.2) is 18.2 Å². The molecular weight excluding hydrogens is 316 g/mol. The standard InChI is InChI=1S/C17H21F2N3O2/c1-10(23)21-16(14-3-2-13(18)4-15(14)19)5-17(24)22-8-11-6-20-7-12(11)9-22/h2-4,11-12,16,20H,5-9H2,1H3,(H,21,23)/t11-,12+,16?. The van der Waals surface area contributed by atoms with E-state index in [1.54, 1.807) is 4.90 Å². The molecule has 5 nitrogen and oxygen atoms in total. The Labute approximate surface area is 139 Å². The molecule has 24 heavy (non-hydrogen) atoms. The van der Waals surface area contributed by atoms with Gasteiger partial charge in [-0.05, 0) is 17.9 Å². The molecule has 0 saturated carbocycles. The Morgan fingerprint density at radius 1 is 1.29 bits per heavy atom. The van der Waals surface area contributed by atoms with Crippen molar-refractivity contribution in [3.8, 4) is 0 Å². The third-order valence-electron chi connectivity index (χ3n) is 4.84. The Bertz CT molecular complexity index is 641. The van der Waals surface area contributed by atoms with Crippen molar-refractivity contribution in [2.45, 2.75) is 19.4 Å². The maximum atomic E-state index is 14.0. The second kappa shape index (κ2) is 6.84. The molecule has 0 aromatic heterocycles. The summed E-state index contributed by atoms with van der Waals surface area (Å²) in [5.74, 6) is -0.995. The van der Waals surface area contributed by atoms with Crippen LogP contribution in [0.25, 0.3) is 0 Å². The number of benzene rings is 1. The molecule has 2 N–H and O–H groups in total. The molecule has 7 heteroatoms. The topological polar surface area (TPSA) is 61.4 Å². The molecule has 2 aliphatic heterocycles. The number of hydrogen-bond acceptors (Lipinski definition) is 3. The van der Waals surface area contributed by atoms with E-state index in [2.05, 4.69) is 10.6 Å². The molecule has 1 unspecified atom stereocenters. The zero-order valence-electron chi connectivity index (χ0n) is 13.5. The van der Waals surface area contributed by atoms with E-state index >= 15 is 0 Å². The lowest BCUT2D eigenvalue weighted by Gasteiger charge is -2.23. The summed E-state index contributed by atoms with van der Waals surface area (Å²) in [7, 11) is 0. The van der Waals surface area contributed by atoms with E-state index in [1.165, 1.54) is 13.0 Å². The summed E-state index contributed by atoms with van der Waals surface area (Å²) in [4.78, 5) is 25.8. The van der Waals surface area contributed by atoms with Crippen LogP contribution in [0.1, 0.15) is 24.9 Å². The fraction of sp³-hybridized carbons (Fsp3) is 0.529. The SMILES string of the molecule is CC(=O)NC(CC(=O)N1C[C@H]2CNC[C@H]2C1)c1ccc(F)cc1F. The number of rotatable bonds is 4. The first-order valence-corrected chi connectivity index (χ1v) is 8.14. The van der Waals surface area contributed by atoms with Crippen LogP contribution in [-0.2, 0) is 9.59 Å². The van der Waals surface area contributed by atoms with Gasteiger partial charge in [-0.25, -0.2) is 8.78 Å². The van der Waals surface area contributed by atoms with Gasteiger partial charge in [-0.15, -0.1) is 0 Å². The van der Waals surface area contributed by atoms with Gasteiger partial charge in [-0.2, -0.15) is 0 Å². The number of amides is 2. The molecule has 2 heterocycles. The summed E-state index contributed by atoms with van der Waals surface area (Å²) in [6.07, 6.45) is -0.0327. The highest BCUT2D eigenvalue weighted by Gasteiger charge is 2.38. The van der Waals surface area contributed by atoms with Crippen LogP contribution in [0, 0.1) is 23.5 Å². The van der Waals surface area contributed by atoms with Gasteiger partial charge >= 0.3 is 0 Å². The van der Waals surface area contributed by atoms with Crippen molar-refractivity contribution < 1.29 is 18.4 Å². The van der Waals surface area contributed by atoms with Crippen molar-refractivity contribution in [3.05, 3.63) is 35.4 Å². The fourth-order valence-corrected chi connectivity index (χ4v) is 3.63. The highest BCUT2D eigenvalue weighted by molar-refractivity contribution is 5.79. The number of likely N-dealkylation sites (tertiary alicyclic amines) is 1. The molecule has 0 spiro atoms. The van der Waals surface area contributed by atoms with Gasteiger partial charge in [0.05, 0.1) is 12.5 Å². The average molecular weight is 337 g/mol. The van der Waals surface area contributed by atoms with Crippen molar-refractivity contribution in [1.29, 1.82) is 0 Å². The van der Waals surface area contributed by atoms with Gasteiger partial charge in [0, 0.05) is 44.7 Å². The quantitative estimate of drug-likeness (QED) is 0.868. The predicted octanol–water partition coefficient (Wildman–Crippen LogP) is 1.21. The zero-order valence-corrected chi connectivity index (χ0v) is 13.5. The lowest BCUT2D eigenvalue weighted by atomic mass is 10.0. The normalized spacial score (nSPS) is 23.9. The predicted molar refractivity (Wildman–Crippen MR) is 84.0 cm³/mol. The summed E-state index contributed by atoms with van der Waals surface area (Å²) < 4.78 is 27.1. The molecule has 1 aromatic carbocycles. The lowest BCUT2D eigenvalue weighted by Crippen LogP contribution is -2.36. The van der Waals surface area contributed by atoms with E-state index in [0.717, 1.165) is 25.2 Å². The van der Waals surface area contributed by atoms with Gasteiger partial charge < -0.3 is 15.5 Å². The van der Waals surface area contributed by atoms with E-state index in [0.29, 0.717) is 24.9 Å². The van der Waals surface area contributed by atoms with Crippen LogP contribution in [0.2, 0.25) is 0 Å². The van der Waals surface area contributed by atoms with Gasteiger partial charge in [0.15, 0.2) is 0 Å². The molecule has 3 atom stereocenters. The van der Waals surface area contributed by atoms with Crippen LogP contribution in [0.5, 0.6) is 0 Å². The second-order valence-corrected chi connectivity index (χ2v) is 6.60. The first-order chi connectivity index (χ1) is 11.4. The molecule has 0 radical (unpaired) electrons. The highest BCUT2D eigenvalue weighted by Crippen LogP contribution is 2.28.